The van der Waals surface area contributed by atoms with E-state index in [0.29, 0.717) is 50.6 Å². The lowest BCUT2D eigenvalue weighted by Crippen LogP contribution is -2.56. The minimum absolute atomic E-state index is 0.0724. The predicted molar refractivity (Wildman–Crippen MR) is 197 cm³/mol. The Hall–Kier alpha value is -2.94. The van der Waals surface area contributed by atoms with Crippen LogP contribution in [0.5, 0.6) is 0 Å². The maximum atomic E-state index is 14.1. The second-order valence-corrected chi connectivity index (χ2v) is 14.8. The molecule has 0 radical (unpaired) electrons. The zero-order valence-electron chi connectivity index (χ0n) is 30.8. The summed E-state index contributed by atoms with van der Waals surface area (Å²) in [6.07, 6.45) is 4.54. The number of aromatic nitrogens is 1. The molecule has 0 saturated heterocycles. The molecule has 1 saturated carbocycles. The number of likely N-dealkylation sites (N-methyl/N-ethyl adjacent to an activating group) is 1. The fourth-order valence-electron chi connectivity index (χ4n) is 6.45. The van der Waals surface area contributed by atoms with Crippen LogP contribution >= 0.6 is 11.3 Å². The van der Waals surface area contributed by atoms with Gasteiger partial charge >= 0.3 is 0 Å². The van der Waals surface area contributed by atoms with Crippen LogP contribution in [0.3, 0.4) is 0 Å². The molecule has 13 heteroatoms. The third kappa shape index (κ3) is 16.1. The van der Waals surface area contributed by atoms with Crippen molar-refractivity contribution in [1.82, 2.24) is 20.5 Å². The zero-order valence-corrected chi connectivity index (χ0v) is 31.7. The van der Waals surface area contributed by atoms with Gasteiger partial charge in [0, 0.05) is 38.9 Å². The Morgan fingerprint density at radius 3 is 2.37 bits per heavy atom. The summed E-state index contributed by atoms with van der Waals surface area (Å²) >= 11 is 1.39. The number of ether oxygens (including phenoxy) is 3. The Morgan fingerprint density at radius 2 is 1.71 bits per heavy atom. The lowest BCUT2D eigenvalue weighted by Gasteiger charge is -2.34. The number of hydrogen-bond acceptors (Lipinski definition) is 10. The van der Waals surface area contributed by atoms with E-state index in [4.69, 9.17) is 14.2 Å². The number of carbonyl (C=O) groups excluding carboxylic acids is 3. The van der Waals surface area contributed by atoms with E-state index in [1.807, 2.05) is 49.6 Å². The molecule has 3 amide bonds. The van der Waals surface area contributed by atoms with Crippen molar-refractivity contribution in [2.45, 2.75) is 102 Å². The number of thiazole rings is 1. The van der Waals surface area contributed by atoms with Crippen LogP contribution in [0.2, 0.25) is 0 Å². The predicted octanol–water partition coefficient (Wildman–Crippen LogP) is 3.74. The first kappa shape index (κ1) is 42.5. The van der Waals surface area contributed by atoms with Crippen molar-refractivity contribution in [3.05, 3.63) is 52.5 Å². The second-order valence-electron chi connectivity index (χ2n) is 14.1. The maximum Gasteiger partial charge on any atom is 0.243 e. The molecule has 1 aromatic heterocycles. The van der Waals surface area contributed by atoms with Gasteiger partial charge in [-0.2, -0.15) is 0 Å². The van der Waals surface area contributed by atoms with Crippen molar-refractivity contribution >= 4 is 29.1 Å². The standard InChI is InChI=1S/C38H60N4O8S/c1-27(2)19-34(43)36(45)32(21-29-13-9-6-10-14-29)40-38(47)33(23-31-24-51-25-39-31)41-37(46)30(20-28-11-7-5-8-12-28)22-35(44)42(3)15-16-49-26-50-18-17-48-4/h5,7-8,11-12,24-25,27,29-30,32-34,36,43,45H,6,9-10,13-23,26H2,1-4H3,(H,40,47)(H,41,46)/t30-,32+,33+,34+,36-/m1/s1. The summed E-state index contributed by atoms with van der Waals surface area (Å²) in [4.78, 5) is 47.5. The number of aliphatic hydroxyl groups excluding tert-OH is 2. The number of nitrogens with one attached hydrogen (secondary N) is 2. The van der Waals surface area contributed by atoms with E-state index >= 15 is 0 Å². The smallest absolute Gasteiger partial charge is 0.243 e. The van der Waals surface area contributed by atoms with Crippen LogP contribution in [0.1, 0.15) is 76.5 Å². The summed E-state index contributed by atoms with van der Waals surface area (Å²) in [7, 11) is 3.26. The van der Waals surface area contributed by atoms with Crippen molar-refractivity contribution in [2.24, 2.45) is 17.8 Å². The van der Waals surface area contributed by atoms with Crippen LogP contribution in [-0.2, 0) is 41.4 Å². The Bertz CT molecular complexity index is 1260. The fourth-order valence-corrected chi connectivity index (χ4v) is 7.03. The molecule has 1 aliphatic carbocycles. The molecule has 51 heavy (non-hydrogen) atoms. The monoisotopic (exact) mass is 732 g/mol. The van der Waals surface area contributed by atoms with Gasteiger partial charge in [0.1, 0.15) is 18.9 Å². The third-order valence-corrected chi connectivity index (χ3v) is 10.0. The summed E-state index contributed by atoms with van der Waals surface area (Å²) in [5.74, 6) is -1.40. The number of carbonyl (C=O) groups is 3. The number of aliphatic hydroxyl groups is 2. The van der Waals surface area contributed by atoms with Crippen molar-refractivity contribution < 1.29 is 38.8 Å². The van der Waals surface area contributed by atoms with Gasteiger partial charge in [-0.25, -0.2) is 4.98 Å². The van der Waals surface area contributed by atoms with Crippen LogP contribution < -0.4 is 10.6 Å². The number of rotatable bonds is 24. The molecule has 1 heterocycles. The molecule has 1 fully saturated rings. The van der Waals surface area contributed by atoms with Crippen molar-refractivity contribution in [3.63, 3.8) is 0 Å². The summed E-state index contributed by atoms with van der Waals surface area (Å²) in [6.45, 7) is 5.49. The van der Waals surface area contributed by atoms with Gasteiger partial charge in [0.15, 0.2) is 0 Å². The Balaban J connectivity index is 1.76. The van der Waals surface area contributed by atoms with Crippen molar-refractivity contribution in [2.75, 3.05) is 47.3 Å². The molecule has 5 atom stereocenters. The molecule has 0 aliphatic heterocycles. The number of nitrogens with zero attached hydrogens (tertiary/aromatic N) is 2. The Morgan fingerprint density at radius 1 is 0.980 bits per heavy atom. The molecule has 4 N–H and O–H groups in total. The van der Waals surface area contributed by atoms with Crippen molar-refractivity contribution in [1.29, 1.82) is 0 Å². The topological polar surface area (TPSA) is 160 Å². The molecule has 1 aliphatic rings. The molecule has 0 spiro atoms. The molecule has 1 aromatic carbocycles. The fraction of sp³-hybridized carbons (Fsp3) is 0.684. The van der Waals surface area contributed by atoms with Gasteiger partial charge in [0.25, 0.3) is 0 Å². The molecule has 0 unspecified atom stereocenters. The van der Waals surface area contributed by atoms with Gasteiger partial charge in [-0.05, 0) is 36.7 Å². The summed E-state index contributed by atoms with van der Waals surface area (Å²) in [6, 6.07) is 7.77. The third-order valence-electron chi connectivity index (χ3n) is 9.40. The number of methoxy groups -OCH3 is 1. The SMILES string of the molecule is COCCOCOCCN(C)C(=O)C[C@@H](Cc1ccccc1)C(=O)N[C@@H](Cc1cscn1)C(=O)N[C@@H](CC1CCCCC1)[C@@H](O)[C@@H](O)CC(C)C. The molecule has 3 rings (SSSR count). The van der Waals surface area contributed by atoms with Gasteiger partial charge < -0.3 is 40.0 Å². The largest absolute Gasteiger partial charge is 0.390 e. The van der Waals surface area contributed by atoms with E-state index in [1.54, 1.807) is 19.7 Å². The van der Waals surface area contributed by atoms with E-state index in [-0.39, 0.29) is 38.1 Å². The van der Waals surface area contributed by atoms with E-state index in [9.17, 15) is 24.6 Å². The van der Waals surface area contributed by atoms with Crippen LogP contribution in [-0.4, -0.2) is 109 Å². The minimum atomic E-state index is -1.16. The average Bonchev–Trinajstić information content (AvgIpc) is 3.63. The highest BCUT2D eigenvalue weighted by atomic mass is 32.1. The van der Waals surface area contributed by atoms with Gasteiger partial charge in [0.05, 0.1) is 49.1 Å². The van der Waals surface area contributed by atoms with Crippen LogP contribution in [0, 0.1) is 17.8 Å². The highest BCUT2D eigenvalue weighted by Gasteiger charge is 2.34. The van der Waals surface area contributed by atoms with Crippen LogP contribution in [0.4, 0.5) is 0 Å². The molecule has 12 nitrogen and oxygen atoms in total. The van der Waals surface area contributed by atoms with Crippen LogP contribution in [0.25, 0.3) is 0 Å². The Labute approximate surface area is 307 Å². The van der Waals surface area contributed by atoms with Gasteiger partial charge in [-0.15, -0.1) is 11.3 Å². The first-order valence-corrected chi connectivity index (χ1v) is 19.3. The van der Waals surface area contributed by atoms with Gasteiger partial charge in [0.2, 0.25) is 17.7 Å². The molecular formula is C38H60N4O8S. The molecular weight excluding hydrogens is 673 g/mol. The summed E-state index contributed by atoms with van der Waals surface area (Å²) < 4.78 is 15.7. The summed E-state index contributed by atoms with van der Waals surface area (Å²) in [5.41, 5.74) is 3.21. The van der Waals surface area contributed by atoms with Crippen LogP contribution in [0.15, 0.2) is 41.2 Å². The quantitative estimate of drug-likeness (QED) is 0.0932. The maximum absolute atomic E-state index is 14.1. The normalized spacial score (nSPS) is 16.6. The number of hydrogen-bond donors (Lipinski definition) is 4. The van der Waals surface area contributed by atoms with E-state index in [0.717, 1.165) is 31.2 Å². The Kier molecular flexibility index (Phi) is 19.6. The molecule has 2 aromatic rings. The zero-order chi connectivity index (χ0) is 37.0. The van der Waals surface area contributed by atoms with Crippen molar-refractivity contribution in [3.8, 4) is 0 Å². The molecule has 286 valence electrons. The van der Waals surface area contributed by atoms with Gasteiger partial charge in [-0.3, -0.25) is 14.4 Å². The highest BCUT2D eigenvalue weighted by Crippen LogP contribution is 2.29. The van der Waals surface area contributed by atoms with Gasteiger partial charge in [-0.1, -0.05) is 76.3 Å². The van der Waals surface area contributed by atoms with E-state index in [2.05, 4.69) is 15.6 Å². The lowest BCUT2D eigenvalue weighted by atomic mass is 9.82. The number of amides is 3. The minimum Gasteiger partial charge on any atom is -0.390 e. The highest BCUT2D eigenvalue weighted by molar-refractivity contribution is 7.07. The first-order chi connectivity index (χ1) is 24.6. The second kappa shape index (κ2) is 23.6. The van der Waals surface area contributed by atoms with E-state index < -0.39 is 42.0 Å². The first-order valence-electron chi connectivity index (χ1n) is 18.3. The number of benzene rings is 1. The summed E-state index contributed by atoms with van der Waals surface area (Å²) in [5, 5.41) is 30.1. The van der Waals surface area contributed by atoms with E-state index in [1.165, 1.54) is 22.7 Å². The molecule has 0 bridgehead atoms. The average molecular weight is 733 g/mol. The lowest BCUT2D eigenvalue weighted by molar-refractivity contribution is -0.137.